The summed E-state index contributed by atoms with van der Waals surface area (Å²) < 4.78 is 26.0. The number of aliphatic hydroxyl groups is 1. The SMILES string of the molecule is CC(=O)NC(Cc1cc(F)cc(F)c1)C(O)CN. The van der Waals surface area contributed by atoms with E-state index in [2.05, 4.69) is 5.32 Å². The molecule has 0 radical (unpaired) electrons. The number of hydrogen-bond acceptors (Lipinski definition) is 3. The minimum absolute atomic E-state index is 0.0528. The summed E-state index contributed by atoms with van der Waals surface area (Å²) in [5.74, 6) is -1.74. The van der Waals surface area contributed by atoms with E-state index in [9.17, 15) is 18.7 Å². The van der Waals surface area contributed by atoms with Crippen LogP contribution >= 0.6 is 0 Å². The molecule has 2 atom stereocenters. The molecule has 4 N–H and O–H groups in total. The summed E-state index contributed by atoms with van der Waals surface area (Å²) >= 11 is 0. The van der Waals surface area contributed by atoms with E-state index >= 15 is 0 Å². The first-order valence-electron chi connectivity index (χ1n) is 5.52. The average Bonchev–Trinajstić information content (AvgIpc) is 2.25. The van der Waals surface area contributed by atoms with Crippen molar-refractivity contribution in [2.75, 3.05) is 6.54 Å². The van der Waals surface area contributed by atoms with Crippen molar-refractivity contribution in [3.05, 3.63) is 35.4 Å². The van der Waals surface area contributed by atoms with E-state index in [0.717, 1.165) is 18.2 Å². The van der Waals surface area contributed by atoms with E-state index < -0.39 is 23.8 Å². The molecule has 0 aliphatic rings. The van der Waals surface area contributed by atoms with Gasteiger partial charge in [-0.1, -0.05) is 0 Å². The van der Waals surface area contributed by atoms with Crippen LogP contribution in [0.2, 0.25) is 0 Å². The maximum atomic E-state index is 13.0. The van der Waals surface area contributed by atoms with Crippen molar-refractivity contribution in [2.45, 2.75) is 25.5 Å². The van der Waals surface area contributed by atoms with Gasteiger partial charge >= 0.3 is 0 Å². The molecule has 1 aromatic carbocycles. The van der Waals surface area contributed by atoms with Crippen LogP contribution in [0.25, 0.3) is 0 Å². The number of amides is 1. The van der Waals surface area contributed by atoms with Crippen molar-refractivity contribution in [2.24, 2.45) is 5.73 Å². The first-order valence-corrected chi connectivity index (χ1v) is 5.52. The molecule has 0 fully saturated rings. The van der Waals surface area contributed by atoms with Gasteiger partial charge in [0.15, 0.2) is 0 Å². The Morgan fingerprint density at radius 1 is 1.39 bits per heavy atom. The van der Waals surface area contributed by atoms with Crippen LogP contribution in [-0.2, 0) is 11.2 Å². The number of rotatable bonds is 5. The van der Waals surface area contributed by atoms with Crippen molar-refractivity contribution < 1.29 is 18.7 Å². The topological polar surface area (TPSA) is 75.3 Å². The zero-order chi connectivity index (χ0) is 13.7. The van der Waals surface area contributed by atoms with E-state index in [4.69, 9.17) is 5.73 Å². The highest BCUT2D eigenvalue weighted by Crippen LogP contribution is 2.11. The summed E-state index contributed by atoms with van der Waals surface area (Å²) in [5, 5.41) is 12.1. The fraction of sp³-hybridized carbons (Fsp3) is 0.417. The zero-order valence-corrected chi connectivity index (χ0v) is 9.99. The van der Waals surface area contributed by atoms with Gasteiger partial charge in [0.2, 0.25) is 5.91 Å². The lowest BCUT2D eigenvalue weighted by molar-refractivity contribution is -0.120. The summed E-state index contributed by atoms with van der Waals surface area (Å²) in [6.07, 6.45) is -0.868. The smallest absolute Gasteiger partial charge is 0.217 e. The second kappa shape index (κ2) is 6.42. The molecule has 1 amide bonds. The standard InChI is InChI=1S/C12H16F2N2O2/c1-7(17)16-11(12(18)6-15)4-8-2-9(13)5-10(14)3-8/h2-3,5,11-12,18H,4,6,15H2,1H3,(H,16,17). The molecule has 0 spiro atoms. The van der Waals surface area contributed by atoms with Crippen molar-refractivity contribution >= 4 is 5.91 Å². The molecule has 1 rings (SSSR count). The monoisotopic (exact) mass is 258 g/mol. The van der Waals surface area contributed by atoms with Crippen LogP contribution < -0.4 is 11.1 Å². The van der Waals surface area contributed by atoms with E-state index in [1.54, 1.807) is 0 Å². The fourth-order valence-electron chi connectivity index (χ4n) is 1.69. The molecule has 0 saturated carbocycles. The Hall–Kier alpha value is -1.53. The molecule has 0 saturated heterocycles. The Morgan fingerprint density at radius 2 is 1.94 bits per heavy atom. The lowest BCUT2D eigenvalue weighted by atomic mass is 10.0. The number of nitrogens with two attached hydrogens (primary N) is 1. The highest BCUT2D eigenvalue weighted by Gasteiger charge is 2.19. The van der Waals surface area contributed by atoms with Gasteiger partial charge in [0.05, 0.1) is 12.1 Å². The molecule has 18 heavy (non-hydrogen) atoms. The maximum Gasteiger partial charge on any atom is 0.217 e. The second-order valence-electron chi connectivity index (χ2n) is 4.09. The van der Waals surface area contributed by atoms with Gasteiger partial charge in [-0.15, -0.1) is 0 Å². The molecule has 2 unspecified atom stereocenters. The predicted molar refractivity (Wildman–Crippen MR) is 62.7 cm³/mol. The Morgan fingerprint density at radius 3 is 2.39 bits per heavy atom. The Kier molecular flexibility index (Phi) is 5.18. The third-order valence-electron chi connectivity index (χ3n) is 2.47. The number of halogens is 2. The minimum Gasteiger partial charge on any atom is -0.390 e. The van der Waals surface area contributed by atoms with E-state index in [0.29, 0.717) is 5.56 Å². The highest BCUT2D eigenvalue weighted by molar-refractivity contribution is 5.73. The van der Waals surface area contributed by atoms with E-state index in [1.165, 1.54) is 6.92 Å². The van der Waals surface area contributed by atoms with Crippen LogP contribution in [0.4, 0.5) is 8.78 Å². The molecular formula is C12H16F2N2O2. The molecule has 0 aliphatic carbocycles. The Bertz CT molecular complexity index is 406. The number of carbonyl (C=O) groups is 1. The Balaban J connectivity index is 2.84. The van der Waals surface area contributed by atoms with Gasteiger partial charge < -0.3 is 16.2 Å². The van der Waals surface area contributed by atoms with E-state index in [-0.39, 0.29) is 18.9 Å². The summed E-state index contributed by atoms with van der Waals surface area (Å²) in [4.78, 5) is 11.0. The number of benzene rings is 1. The summed E-state index contributed by atoms with van der Waals surface area (Å²) in [6, 6.07) is 2.40. The first-order chi connectivity index (χ1) is 8.42. The van der Waals surface area contributed by atoms with E-state index in [1.807, 2.05) is 0 Å². The molecule has 6 heteroatoms. The minimum atomic E-state index is -0.972. The number of hydrogen-bond donors (Lipinski definition) is 3. The number of nitrogens with one attached hydrogen (secondary N) is 1. The maximum absolute atomic E-state index is 13.0. The van der Waals surface area contributed by atoms with Gasteiger partial charge in [-0.05, 0) is 24.1 Å². The molecular weight excluding hydrogens is 242 g/mol. The Labute approximate surface area is 104 Å². The highest BCUT2D eigenvalue weighted by atomic mass is 19.1. The van der Waals surface area contributed by atoms with Gasteiger partial charge in [0.1, 0.15) is 11.6 Å². The van der Waals surface area contributed by atoms with Crippen LogP contribution in [0.3, 0.4) is 0 Å². The lowest BCUT2D eigenvalue weighted by Crippen LogP contribution is -2.47. The number of carbonyl (C=O) groups excluding carboxylic acids is 1. The second-order valence-corrected chi connectivity index (χ2v) is 4.09. The summed E-state index contributed by atoms with van der Waals surface area (Å²) in [6.45, 7) is 1.24. The van der Waals surface area contributed by atoms with Gasteiger partial charge in [-0.25, -0.2) is 8.78 Å². The average molecular weight is 258 g/mol. The van der Waals surface area contributed by atoms with Gasteiger partial charge in [0.25, 0.3) is 0 Å². The van der Waals surface area contributed by atoms with Crippen LogP contribution in [-0.4, -0.2) is 29.7 Å². The van der Waals surface area contributed by atoms with Crippen LogP contribution in [0.1, 0.15) is 12.5 Å². The van der Waals surface area contributed by atoms with Crippen LogP contribution in [0, 0.1) is 11.6 Å². The molecule has 100 valence electrons. The molecule has 1 aromatic rings. The van der Waals surface area contributed by atoms with Crippen LogP contribution in [0.15, 0.2) is 18.2 Å². The molecule has 4 nitrogen and oxygen atoms in total. The fourth-order valence-corrected chi connectivity index (χ4v) is 1.69. The molecule has 0 aromatic heterocycles. The van der Waals surface area contributed by atoms with Crippen molar-refractivity contribution in [1.29, 1.82) is 0 Å². The summed E-state index contributed by atoms with van der Waals surface area (Å²) in [7, 11) is 0. The van der Waals surface area contributed by atoms with Crippen LogP contribution in [0.5, 0.6) is 0 Å². The molecule has 0 aliphatic heterocycles. The van der Waals surface area contributed by atoms with Gasteiger partial charge in [-0.2, -0.15) is 0 Å². The summed E-state index contributed by atoms with van der Waals surface area (Å²) in [5.41, 5.74) is 5.66. The van der Waals surface area contributed by atoms with Crippen molar-refractivity contribution in [3.8, 4) is 0 Å². The third kappa shape index (κ3) is 4.38. The largest absolute Gasteiger partial charge is 0.390 e. The van der Waals surface area contributed by atoms with Gasteiger partial charge in [-0.3, -0.25) is 4.79 Å². The predicted octanol–water partition coefficient (Wildman–Crippen LogP) is 0.332. The third-order valence-corrected chi connectivity index (χ3v) is 2.47. The zero-order valence-electron chi connectivity index (χ0n) is 9.99. The normalized spacial score (nSPS) is 14.1. The van der Waals surface area contributed by atoms with Gasteiger partial charge in [0, 0.05) is 19.5 Å². The molecule has 0 bridgehead atoms. The van der Waals surface area contributed by atoms with Crippen molar-refractivity contribution in [3.63, 3.8) is 0 Å². The lowest BCUT2D eigenvalue weighted by Gasteiger charge is -2.22. The molecule has 0 heterocycles. The number of aliphatic hydroxyl groups excluding tert-OH is 1. The first kappa shape index (κ1) is 14.5. The quantitative estimate of drug-likeness (QED) is 0.712. The van der Waals surface area contributed by atoms with Crippen molar-refractivity contribution in [1.82, 2.24) is 5.32 Å².